The van der Waals surface area contributed by atoms with Gasteiger partial charge in [0.2, 0.25) is 0 Å². The van der Waals surface area contributed by atoms with Crippen LogP contribution in [0.25, 0.3) is 11.0 Å². The van der Waals surface area contributed by atoms with Gasteiger partial charge >= 0.3 is 0 Å². The molecule has 1 aliphatic rings. The summed E-state index contributed by atoms with van der Waals surface area (Å²) in [5.74, 6) is 0. The summed E-state index contributed by atoms with van der Waals surface area (Å²) in [6, 6.07) is 2.89. The Bertz CT molecular complexity index is 694. The summed E-state index contributed by atoms with van der Waals surface area (Å²) in [6.07, 6.45) is 2.10. The minimum absolute atomic E-state index is 0.273. The van der Waals surface area contributed by atoms with Gasteiger partial charge in [-0.2, -0.15) is 0 Å². The third kappa shape index (κ3) is 1.44. The highest BCUT2D eigenvalue weighted by atomic mass is 35.5. The lowest BCUT2D eigenvalue weighted by Gasteiger charge is -2.16. The molecule has 0 atom stereocenters. The second-order valence-electron chi connectivity index (χ2n) is 4.09. The first kappa shape index (κ1) is 10.9. The van der Waals surface area contributed by atoms with E-state index in [1.54, 1.807) is 0 Å². The van der Waals surface area contributed by atoms with E-state index in [0.717, 1.165) is 15.6 Å². The van der Waals surface area contributed by atoms with E-state index in [0.29, 0.717) is 24.2 Å². The number of aromatic nitrogens is 2. The molecule has 0 amide bonds. The molecule has 0 saturated carbocycles. The second-order valence-corrected chi connectivity index (χ2v) is 4.91. The monoisotopic (exact) mass is 270 g/mol. The second kappa shape index (κ2) is 3.62. The molecular weight excluding hydrogens is 263 g/mol. The molecule has 0 fully saturated rings. The van der Waals surface area contributed by atoms with Gasteiger partial charge in [0.15, 0.2) is 0 Å². The Morgan fingerprint density at radius 1 is 1.24 bits per heavy atom. The fourth-order valence-corrected chi connectivity index (χ4v) is 2.61. The van der Waals surface area contributed by atoms with Crippen molar-refractivity contribution in [1.29, 1.82) is 0 Å². The van der Waals surface area contributed by atoms with Crippen LogP contribution in [-0.2, 0) is 12.8 Å². The Morgan fingerprint density at radius 2 is 1.94 bits per heavy atom. The first-order chi connectivity index (χ1) is 8.09. The summed E-state index contributed by atoms with van der Waals surface area (Å²) in [5, 5.41) is 12.7. The fourth-order valence-electron chi connectivity index (χ4n) is 2.29. The lowest BCUT2D eigenvalue weighted by atomic mass is 10.2. The van der Waals surface area contributed by atoms with Gasteiger partial charge in [-0.15, -0.1) is 0 Å². The van der Waals surface area contributed by atoms with Crippen molar-refractivity contribution in [3.63, 3.8) is 0 Å². The van der Waals surface area contributed by atoms with Gasteiger partial charge < -0.3 is 9.94 Å². The van der Waals surface area contributed by atoms with Crippen molar-refractivity contribution in [3.05, 3.63) is 43.7 Å². The molecule has 0 bridgehead atoms. The number of hydrogen-bond donors (Lipinski definition) is 0. The molecule has 0 N–H and O–H groups in total. The summed E-state index contributed by atoms with van der Waals surface area (Å²) >= 11 is 11.7. The number of benzene rings is 1. The van der Waals surface area contributed by atoms with Gasteiger partial charge in [-0.1, -0.05) is 23.2 Å². The molecular formula is C11H8Cl2N2O2. The van der Waals surface area contributed by atoms with E-state index in [1.165, 1.54) is 12.1 Å². The summed E-state index contributed by atoms with van der Waals surface area (Å²) in [4.78, 5) is 12.1. The molecule has 2 aromatic rings. The van der Waals surface area contributed by atoms with Crippen LogP contribution in [0.2, 0.25) is 10.0 Å². The quantitative estimate of drug-likeness (QED) is 0.692. The van der Waals surface area contributed by atoms with Gasteiger partial charge in [0.25, 0.3) is 11.2 Å². The lowest BCUT2D eigenvalue weighted by molar-refractivity contribution is -0.474. The predicted molar refractivity (Wildman–Crippen MR) is 66.1 cm³/mol. The maximum Gasteiger partial charge on any atom is 0.287 e. The SMILES string of the molecule is O=[n+]1c2c(n([O-])c3cc(Cl)c(Cl)cc31)CCC2. The molecule has 88 valence electrons. The molecule has 6 heteroatoms. The largest absolute Gasteiger partial charge is 0.805 e. The minimum Gasteiger partial charge on any atom is -0.805 e. The van der Waals surface area contributed by atoms with Crippen LogP contribution in [0.15, 0.2) is 12.1 Å². The zero-order chi connectivity index (χ0) is 12.2. The topological polar surface area (TPSA) is 51.0 Å². The van der Waals surface area contributed by atoms with Crippen LogP contribution in [-0.4, -0.2) is 4.73 Å². The predicted octanol–water partition coefficient (Wildman–Crippen LogP) is 2.70. The first-order valence-electron chi connectivity index (χ1n) is 5.25. The molecule has 1 aliphatic carbocycles. The van der Waals surface area contributed by atoms with E-state index in [9.17, 15) is 10.1 Å². The summed E-state index contributed by atoms with van der Waals surface area (Å²) in [6.45, 7) is 0. The molecule has 1 aromatic heterocycles. The van der Waals surface area contributed by atoms with E-state index >= 15 is 0 Å². The van der Waals surface area contributed by atoms with E-state index in [1.807, 2.05) is 0 Å². The molecule has 0 radical (unpaired) electrons. The first-order valence-corrected chi connectivity index (χ1v) is 6.01. The molecule has 4 nitrogen and oxygen atoms in total. The van der Waals surface area contributed by atoms with Gasteiger partial charge in [-0.3, -0.25) is 0 Å². The van der Waals surface area contributed by atoms with E-state index < -0.39 is 0 Å². The smallest absolute Gasteiger partial charge is 0.287 e. The zero-order valence-corrected chi connectivity index (χ0v) is 10.3. The average Bonchev–Trinajstić information content (AvgIpc) is 2.78. The van der Waals surface area contributed by atoms with Crippen molar-refractivity contribution in [3.8, 4) is 0 Å². The van der Waals surface area contributed by atoms with Gasteiger partial charge in [-0.05, 0) is 18.9 Å². The van der Waals surface area contributed by atoms with Gasteiger partial charge in [-0.25, -0.2) is 0 Å². The molecule has 3 rings (SSSR count). The number of rotatable bonds is 0. The van der Waals surface area contributed by atoms with Crippen molar-refractivity contribution in [1.82, 2.24) is 4.73 Å². The van der Waals surface area contributed by atoms with Crippen LogP contribution < -0.4 is 4.43 Å². The van der Waals surface area contributed by atoms with Crippen molar-refractivity contribution in [2.24, 2.45) is 0 Å². The third-order valence-electron chi connectivity index (χ3n) is 3.11. The van der Waals surface area contributed by atoms with Crippen LogP contribution >= 0.6 is 23.2 Å². The molecule has 0 saturated heterocycles. The maximum atomic E-state index is 12.1. The number of halogens is 2. The van der Waals surface area contributed by atoms with Crippen LogP contribution in [0.3, 0.4) is 0 Å². The molecule has 0 spiro atoms. The summed E-state index contributed by atoms with van der Waals surface area (Å²) < 4.78 is 1.60. The Labute approximate surface area is 107 Å². The van der Waals surface area contributed by atoms with Crippen molar-refractivity contribution < 1.29 is 4.43 Å². The Hall–Kier alpha value is -1.26. The zero-order valence-electron chi connectivity index (χ0n) is 8.74. The fraction of sp³-hybridized carbons (Fsp3) is 0.273. The standard InChI is InChI=1S/C11H8Cl2N2O2/c12-6-4-10-11(5-7(6)13)15(17)9-3-1-2-8(9)14(10)16/h4-5H,1-3H2. The van der Waals surface area contributed by atoms with E-state index in [4.69, 9.17) is 23.2 Å². The number of fused-ring (bicyclic) bond motifs is 2. The highest BCUT2D eigenvalue weighted by Gasteiger charge is 2.27. The number of hydrogen-bond acceptors (Lipinski definition) is 2. The summed E-state index contributed by atoms with van der Waals surface area (Å²) in [7, 11) is 0. The van der Waals surface area contributed by atoms with Crippen molar-refractivity contribution in [2.45, 2.75) is 19.3 Å². The van der Waals surface area contributed by atoms with E-state index in [-0.39, 0.29) is 21.1 Å². The van der Waals surface area contributed by atoms with Gasteiger partial charge in [0, 0.05) is 17.4 Å². The highest BCUT2D eigenvalue weighted by molar-refractivity contribution is 6.42. The van der Waals surface area contributed by atoms with Crippen molar-refractivity contribution in [2.75, 3.05) is 0 Å². The van der Waals surface area contributed by atoms with Crippen LogP contribution in [0.1, 0.15) is 17.8 Å². The van der Waals surface area contributed by atoms with Gasteiger partial charge in [0.05, 0.1) is 20.2 Å². The third-order valence-corrected chi connectivity index (χ3v) is 3.83. The number of nitrogens with zero attached hydrogens (tertiary/aromatic N) is 2. The molecule has 1 aromatic carbocycles. The Morgan fingerprint density at radius 3 is 2.71 bits per heavy atom. The molecule has 17 heavy (non-hydrogen) atoms. The Balaban J connectivity index is 2.54. The molecule has 0 aliphatic heterocycles. The van der Waals surface area contributed by atoms with E-state index in [2.05, 4.69) is 0 Å². The minimum atomic E-state index is 0.273. The summed E-state index contributed by atoms with van der Waals surface area (Å²) in [5.41, 5.74) is 1.64. The Kier molecular flexibility index (Phi) is 2.31. The molecule has 0 unspecified atom stereocenters. The van der Waals surface area contributed by atoms with Crippen molar-refractivity contribution >= 4 is 34.2 Å². The van der Waals surface area contributed by atoms with Gasteiger partial charge in [0.1, 0.15) is 5.52 Å². The maximum absolute atomic E-state index is 12.1. The van der Waals surface area contributed by atoms with Crippen LogP contribution in [0.4, 0.5) is 0 Å². The average molecular weight is 271 g/mol. The van der Waals surface area contributed by atoms with Crippen LogP contribution in [0, 0.1) is 10.1 Å². The molecule has 1 heterocycles. The normalized spacial score (nSPS) is 14.2. The lowest BCUT2D eigenvalue weighted by Crippen LogP contribution is -2.25. The van der Waals surface area contributed by atoms with Crippen LogP contribution in [0.5, 0.6) is 0 Å². The highest BCUT2D eigenvalue weighted by Crippen LogP contribution is 2.28.